The minimum atomic E-state index is -0.174. The van der Waals surface area contributed by atoms with Crippen LogP contribution >= 0.6 is 0 Å². The summed E-state index contributed by atoms with van der Waals surface area (Å²) in [6.45, 7) is 4.12. The van der Waals surface area contributed by atoms with Crippen molar-refractivity contribution in [3.8, 4) is 6.07 Å². The van der Waals surface area contributed by atoms with Crippen LogP contribution in [0.2, 0.25) is 0 Å². The highest BCUT2D eigenvalue weighted by atomic mass is 16.5. The first-order chi connectivity index (χ1) is 5.14. The number of hydrogen-bond donors (Lipinski definition) is 0. The Morgan fingerprint density at radius 3 is 2.82 bits per heavy atom. The van der Waals surface area contributed by atoms with E-state index in [1.165, 1.54) is 6.42 Å². The molecule has 0 saturated carbocycles. The highest BCUT2D eigenvalue weighted by Gasteiger charge is 2.25. The Hall–Kier alpha value is -0.550. The van der Waals surface area contributed by atoms with Gasteiger partial charge in [0.05, 0.1) is 11.7 Å². The Morgan fingerprint density at radius 1 is 1.45 bits per heavy atom. The molecule has 2 heteroatoms. The fraction of sp³-hybridized carbons (Fsp3) is 0.889. The topological polar surface area (TPSA) is 33.0 Å². The Labute approximate surface area is 68.2 Å². The van der Waals surface area contributed by atoms with Crippen LogP contribution in [-0.2, 0) is 4.74 Å². The van der Waals surface area contributed by atoms with E-state index in [1.807, 2.05) is 0 Å². The van der Waals surface area contributed by atoms with Gasteiger partial charge in [-0.1, -0.05) is 6.42 Å². The first kappa shape index (κ1) is 8.55. The van der Waals surface area contributed by atoms with Crippen molar-refractivity contribution in [1.29, 1.82) is 5.26 Å². The van der Waals surface area contributed by atoms with Gasteiger partial charge in [0.25, 0.3) is 0 Å². The van der Waals surface area contributed by atoms with E-state index in [0.29, 0.717) is 0 Å². The van der Waals surface area contributed by atoms with Gasteiger partial charge in [-0.05, 0) is 33.1 Å². The van der Waals surface area contributed by atoms with E-state index in [4.69, 9.17) is 10.00 Å². The molecule has 0 amide bonds. The quantitative estimate of drug-likeness (QED) is 0.534. The van der Waals surface area contributed by atoms with Crippen LogP contribution in [0.25, 0.3) is 0 Å². The average Bonchev–Trinajstić information content (AvgIpc) is 2.10. The smallest absolute Gasteiger partial charge is 0.144 e. The molecule has 0 N–H and O–H groups in total. The van der Waals surface area contributed by atoms with Crippen molar-refractivity contribution in [2.75, 3.05) is 0 Å². The highest BCUT2D eigenvalue weighted by Crippen LogP contribution is 2.26. The molecule has 1 unspecified atom stereocenters. The van der Waals surface area contributed by atoms with Crippen LogP contribution in [0.1, 0.15) is 39.5 Å². The van der Waals surface area contributed by atoms with Crippen molar-refractivity contribution < 1.29 is 4.74 Å². The Morgan fingerprint density at radius 2 is 2.18 bits per heavy atom. The van der Waals surface area contributed by atoms with E-state index in [-0.39, 0.29) is 11.7 Å². The van der Waals surface area contributed by atoms with Gasteiger partial charge in [0, 0.05) is 0 Å². The Kier molecular flexibility index (Phi) is 2.51. The lowest BCUT2D eigenvalue weighted by Gasteiger charge is -2.24. The largest absolute Gasteiger partial charge is 0.357 e. The van der Waals surface area contributed by atoms with E-state index in [1.54, 1.807) is 0 Å². The molecule has 0 aromatic rings. The number of hydrogen-bond acceptors (Lipinski definition) is 2. The maximum atomic E-state index is 8.67. The summed E-state index contributed by atoms with van der Waals surface area (Å²) >= 11 is 0. The van der Waals surface area contributed by atoms with Crippen LogP contribution in [0.3, 0.4) is 0 Å². The summed E-state index contributed by atoms with van der Waals surface area (Å²) in [5.41, 5.74) is -0.0864. The molecule has 1 aliphatic rings. The molecule has 1 rings (SSSR count). The van der Waals surface area contributed by atoms with Crippen LogP contribution in [0.5, 0.6) is 0 Å². The normalized spacial score (nSPS) is 30.5. The number of ether oxygens (including phenoxy) is 1. The third kappa shape index (κ3) is 2.51. The molecule has 0 radical (unpaired) electrons. The molecular weight excluding hydrogens is 138 g/mol. The van der Waals surface area contributed by atoms with Gasteiger partial charge in [-0.3, -0.25) is 0 Å². The molecule has 2 nitrogen and oxygen atoms in total. The zero-order valence-corrected chi connectivity index (χ0v) is 7.26. The van der Waals surface area contributed by atoms with Crippen LogP contribution < -0.4 is 0 Å². The molecule has 11 heavy (non-hydrogen) atoms. The summed E-state index contributed by atoms with van der Waals surface area (Å²) in [7, 11) is 0. The fourth-order valence-electron chi connectivity index (χ4n) is 1.47. The second kappa shape index (κ2) is 3.23. The maximum absolute atomic E-state index is 8.67. The standard InChI is InChI=1S/C9H15NO/c1-9(2)6-4-3-5-8(7-10)11-9/h8H,3-6H2,1-2H3. The van der Waals surface area contributed by atoms with Gasteiger partial charge in [-0.15, -0.1) is 0 Å². The molecule has 62 valence electrons. The van der Waals surface area contributed by atoms with Crippen LogP contribution in [0.4, 0.5) is 0 Å². The van der Waals surface area contributed by atoms with Crippen LogP contribution in [-0.4, -0.2) is 11.7 Å². The molecule has 1 heterocycles. The van der Waals surface area contributed by atoms with E-state index in [9.17, 15) is 0 Å². The lowest BCUT2D eigenvalue weighted by molar-refractivity contribution is -0.0438. The lowest BCUT2D eigenvalue weighted by Crippen LogP contribution is -2.27. The first-order valence-electron chi connectivity index (χ1n) is 4.21. The van der Waals surface area contributed by atoms with Crippen LogP contribution in [0, 0.1) is 11.3 Å². The van der Waals surface area contributed by atoms with Gasteiger partial charge in [-0.2, -0.15) is 5.26 Å². The number of rotatable bonds is 0. The Bertz CT molecular complexity index is 169. The summed E-state index contributed by atoms with van der Waals surface area (Å²) in [4.78, 5) is 0. The van der Waals surface area contributed by atoms with Crippen molar-refractivity contribution in [3.63, 3.8) is 0 Å². The molecule has 0 spiro atoms. The second-order valence-electron chi connectivity index (χ2n) is 3.74. The van der Waals surface area contributed by atoms with Crippen molar-refractivity contribution in [1.82, 2.24) is 0 Å². The molecule has 1 atom stereocenters. The van der Waals surface area contributed by atoms with E-state index in [2.05, 4.69) is 19.9 Å². The van der Waals surface area contributed by atoms with E-state index in [0.717, 1.165) is 19.3 Å². The van der Waals surface area contributed by atoms with Gasteiger partial charge in [-0.25, -0.2) is 0 Å². The Balaban J connectivity index is 2.55. The SMILES string of the molecule is CC1(C)CCCCC(C#N)O1. The monoisotopic (exact) mass is 153 g/mol. The van der Waals surface area contributed by atoms with Gasteiger partial charge in [0.1, 0.15) is 6.10 Å². The van der Waals surface area contributed by atoms with Gasteiger partial charge < -0.3 is 4.74 Å². The van der Waals surface area contributed by atoms with Crippen molar-refractivity contribution in [2.24, 2.45) is 0 Å². The van der Waals surface area contributed by atoms with Gasteiger partial charge in [0.2, 0.25) is 0 Å². The molecule has 0 aromatic heterocycles. The second-order valence-corrected chi connectivity index (χ2v) is 3.74. The minimum absolute atomic E-state index is 0.0864. The van der Waals surface area contributed by atoms with Crippen molar-refractivity contribution >= 4 is 0 Å². The maximum Gasteiger partial charge on any atom is 0.144 e. The fourth-order valence-corrected chi connectivity index (χ4v) is 1.47. The molecule has 0 aromatic carbocycles. The van der Waals surface area contributed by atoms with Crippen molar-refractivity contribution in [3.05, 3.63) is 0 Å². The summed E-state index contributed by atoms with van der Waals surface area (Å²) < 4.78 is 5.59. The van der Waals surface area contributed by atoms with E-state index >= 15 is 0 Å². The molecule has 0 bridgehead atoms. The summed E-state index contributed by atoms with van der Waals surface area (Å²) in [5, 5.41) is 8.67. The molecule has 0 aliphatic carbocycles. The predicted molar refractivity (Wildman–Crippen MR) is 43.0 cm³/mol. The summed E-state index contributed by atoms with van der Waals surface area (Å²) in [6, 6.07) is 2.18. The highest BCUT2D eigenvalue weighted by molar-refractivity contribution is 4.89. The molecule has 1 saturated heterocycles. The molecular formula is C9H15NO. The van der Waals surface area contributed by atoms with Crippen LogP contribution in [0.15, 0.2) is 0 Å². The number of nitriles is 1. The number of nitrogens with zero attached hydrogens (tertiary/aromatic N) is 1. The first-order valence-corrected chi connectivity index (χ1v) is 4.21. The van der Waals surface area contributed by atoms with Gasteiger partial charge >= 0.3 is 0 Å². The van der Waals surface area contributed by atoms with Gasteiger partial charge in [0.15, 0.2) is 0 Å². The van der Waals surface area contributed by atoms with Crippen molar-refractivity contribution in [2.45, 2.75) is 51.2 Å². The average molecular weight is 153 g/mol. The third-order valence-corrected chi connectivity index (χ3v) is 2.10. The molecule has 1 aliphatic heterocycles. The zero-order valence-electron chi connectivity index (χ0n) is 7.26. The zero-order chi connectivity index (χ0) is 8.32. The third-order valence-electron chi connectivity index (χ3n) is 2.10. The summed E-state index contributed by atoms with van der Waals surface area (Å²) in [5.74, 6) is 0. The summed E-state index contributed by atoms with van der Waals surface area (Å²) in [6.07, 6.45) is 4.12. The predicted octanol–water partition coefficient (Wildman–Crippen LogP) is 2.25. The minimum Gasteiger partial charge on any atom is -0.357 e. The van der Waals surface area contributed by atoms with E-state index < -0.39 is 0 Å². The molecule has 1 fully saturated rings. The lowest BCUT2D eigenvalue weighted by atomic mass is 10.0.